The Labute approximate surface area is 120 Å². The van der Waals surface area contributed by atoms with Gasteiger partial charge in [-0.05, 0) is 0 Å². The summed E-state index contributed by atoms with van der Waals surface area (Å²) in [5.74, 6) is -0.382. The number of nitrogens with zero attached hydrogens (tertiary/aromatic N) is 4. The number of hydrogen-bond donors (Lipinski definition) is 2. The third-order valence-corrected chi connectivity index (χ3v) is 3.75. The second-order valence-electron chi connectivity index (χ2n) is 5.12. The second kappa shape index (κ2) is 5.01. The first kappa shape index (κ1) is 13.8. The molecule has 2 amide bonds. The Morgan fingerprint density at radius 1 is 1.52 bits per heavy atom. The van der Waals surface area contributed by atoms with Crippen LogP contribution < -0.4 is 0 Å². The van der Waals surface area contributed by atoms with Gasteiger partial charge in [-0.3, -0.25) is 14.3 Å². The molecule has 114 valence electrons. The van der Waals surface area contributed by atoms with E-state index < -0.39 is 12.2 Å². The summed E-state index contributed by atoms with van der Waals surface area (Å²) in [6.45, 7) is 0.525. The lowest BCUT2D eigenvalue weighted by Gasteiger charge is -2.24. The molecule has 0 fully saturated rings. The van der Waals surface area contributed by atoms with Crippen molar-refractivity contribution in [2.45, 2.75) is 25.6 Å². The Kier molecular flexibility index (Phi) is 3.30. The van der Waals surface area contributed by atoms with Crippen molar-refractivity contribution in [1.82, 2.24) is 19.7 Å². The van der Waals surface area contributed by atoms with Crippen LogP contribution in [0, 0.1) is 0 Å². The number of carboxylic acid groups (broad SMARTS) is 1. The number of fused-ring (bicyclic) bond motifs is 3. The Morgan fingerprint density at radius 2 is 2.29 bits per heavy atom. The van der Waals surface area contributed by atoms with E-state index in [1.165, 1.54) is 16.6 Å². The van der Waals surface area contributed by atoms with Gasteiger partial charge in [0.2, 0.25) is 0 Å². The lowest BCUT2D eigenvalue weighted by Crippen LogP contribution is -2.36. The van der Waals surface area contributed by atoms with E-state index >= 15 is 0 Å². The quantitative estimate of drug-likeness (QED) is 0.709. The van der Waals surface area contributed by atoms with Gasteiger partial charge in [-0.15, -0.1) is 0 Å². The van der Waals surface area contributed by atoms with Crippen LogP contribution >= 0.6 is 0 Å². The fourth-order valence-corrected chi connectivity index (χ4v) is 2.70. The molecule has 9 nitrogen and oxygen atoms in total. The van der Waals surface area contributed by atoms with Gasteiger partial charge in [0.05, 0.1) is 25.4 Å². The molecule has 1 aromatic heterocycles. The van der Waals surface area contributed by atoms with Gasteiger partial charge in [0, 0.05) is 25.6 Å². The average molecular weight is 296 g/mol. The maximum atomic E-state index is 12.4. The third-order valence-electron chi connectivity index (χ3n) is 3.75. The van der Waals surface area contributed by atoms with Crippen LogP contribution in [0.5, 0.6) is 0 Å². The van der Waals surface area contributed by atoms with Crippen molar-refractivity contribution in [2.24, 2.45) is 0 Å². The van der Waals surface area contributed by atoms with E-state index in [4.69, 9.17) is 9.94 Å². The van der Waals surface area contributed by atoms with Gasteiger partial charge in [-0.25, -0.2) is 9.86 Å². The summed E-state index contributed by atoms with van der Waals surface area (Å²) < 4.78 is 1.52. The fourth-order valence-electron chi connectivity index (χ4n) is 2.70. The molecule has 3 rings (SSSR count). The largest absolute Gasteiger partial charge is 0.465 e. The second-order valence-corrected chi connectivity index (χ2v) is 5.12. The molecule has 0 aromatic carbocycles. The molecule has 0 unspecified atom stereocenters. The van der Waals surface area contributed by atoms with Crippen molar-refractivity contribution in [1.29, 1.82) is 0 Å². The predicted octanol–water partition coefficient (Wildman–Crippen LogP) is -0.703. The van der Waals surface area contributed by atoms with Gasteiger partial charge in [-0.2, -0.15) is 5.10 Å². The minimum atomic E-state index is -1.01. The molecule has 21 heavy (non-hydrogen) atoms. The standard InChI is InChI=1S/C12H16N4O5/c1-14-11(18)10-8-5-15(12(19)20)3-2-9(8)13-16(10)4-7(6-17)21-14/h7,17H,2-6H2,1H3,(H,19,20)/t7-/m0/s1. The van der Waals surface area contributed by atoms with Gasteiger partial charge in [0.15, 0.2) is 0 Å². The maximum Gasteiger partial charge on any atom is 0.407 e. The van der Waals surface area contributed by atoms with E-state index in [1.807, 2.05) is 0 Å². The Hall–Kier alpha value is -2.13. The lowest BCUT2D eigenvalue weighted by molar-refractivity contribution is -0.159. The van der Waals surface area contributed by atoms with E-state index in [0.29, 0.717) is 24.2 Å². The highest BCUT2D eigenvalue weighted by Gasteiger charge is 2.35. The smallest absolute Gasteiger partial charge is 0.407 e. The summed E-state index contributed by atoms with van der Waals surface area (Å²) in [4.78, 5) is 30.1. The summed E-state index contributed by atoms with van der Waals surface area (Å²) in [5.41, 5.74) is 1.71. The summed E-state index contributed by atoms with van der Waals surface area (Å²) in [5, 5.41) is 23.8. The third kappa shape index (κ3) is 2.24. The summed E-state index contributed by atoms with van der Waals surface area (Å²) >= 11 is 0. The van der Waals surface area contributed by atoms with Gasteiger partial charge < -0.3 is 15.1 Å². The number of carbonyl (C=O) groups excluding carboxylic acids is 1. The zero-order valence-electron chi connectivity index (χ0n) is 11.5. The first-order chi connectivity index (χ1) is 10.0. The molecule has 3 heterocycles. The van der Waals surface area contributed by atoms with Crippen molar-refractivity contribution in [3.05, 3.63) is 17.0 Å². The van der Waals surface area contributed by atoms with Crippen molar-refractivity contribution < 1.29 is 24.6 Å². The average Bonchev–Trinajstić information content (AvgIpc) is 2.76. The number of hydroxylamine groups is 2. The van der Waals surface area contributed by atoms with Gasteiger partial charge >= 0.3 is 6.09 Å². The number of hydrogen-bond acceptors (Lipinski definition) is 5. The van der Waals surface area contributed by atoms with Crippen molar-refractivity contribution in [3.8, 4) is 0 Å². The number of carbonyl (C=O) groups is 2. The van der Waals surface area contributed by atoms with Gasteiger partial charge in [-0.1, -0.05) is 0 Å². The molecule has 0 bridgehead atoms. The molecule has 9 heteroatoms. The Morgan fingerprint density at radius 3 is 2.95 bits per heavy atom. The van der Waals surface area contributed by atoms with Crippen LogP contribution in [-0.2, 0) is 24.3 Å². The Bertz CT molecular complexity index is 599. The Balaban J connectivity index is 2.03. The molecule has 2 aliphatic rings. The number of rotatable bonds is 1. The molecule has 2 N–H and O–H groups in total. The van der Waals surface area contributed by atoms with Crippen molar-refractivity contribution in [3.63, 3.8) is 0 Å². The van der Waals surface area contributed by atoms with Crippen LogP contribution in [0.2, 0.25) is 0 Å². The lowest BCUT2D eigenvalue weighted by atomic mass is 10.1. The summed E-state index contributed by atoms with van der Waals surface area (Å²) in [7, 11) is 1.47. The molecule has 0 aliphatic carbocycles. The number of amides is 2. The normalized spacial score (nSPS) is 21.8. The van der Waals surface area contributed by atoms with Crippen molar-refractivity contribution in [2.75, 3.05) is 20.2 Å². The van der Waals surface area contributed by atoms with E-state index in [2.05, 4.69) is 5.10 Å². The van der Waals surface area contributed by atoms with Crippen LogP contribution in [-0.4, -0.2) is 68.3 Å². The number of aliphatic hydroxyl groups is 1. The van der Waals surface area contributed by atoms with E-state index in [-0.39, 0.29) is 25.6 Å². The molecular weight excluding hydrogens is 280 g/mol. The maximum absolute atomic E-state index is 12.4. The van der Waals surface area contributed by atoms with E-state index in [1.54, 1.807) is 0 Å². The number of aliphatic hydroxyl groups excluding tert-OH is 1. The number of aromatic nitrogens is 2. The van der Waals surface area contributed by atoms with Crippen LogP contribution in [0.3, 0.4) is 0 Å². The van der Waals surface area contributed by atoms with Crippen LogP contribution in [0.1, 0.15) is 21.7 Å². The summed E-state index contributed by atoms with van der Waals surface area (Å²) in [6.07, 6.45) is -1.10. The SMILES string of the molecule is CN1O[C@H](CO)Cn2nc3c(c2C1=O)CN(C(=O)O)CC3. The zero-order valence-corrected chi connectivity index (χ0v) is 11.5. The highest BCUT2D eigenvalue weighted by molar-refractivity contribution is 5.93. The van der Waals surface area contributed by atoms with Crippen LogP contribution in [0.15, 0.2) is 0 Å². The first-order valence-corrected chi connectivity index (χ1v) is 6.63. The van der Waals surface area contributed by atoms with E-state index in [0.717, 1.165) is 10.8 Å². The highest BCUT2D eigenvalue weighted by Crippen LogP contribution is 2.25. The highest BCUT2D eigenvalue weighted by atomic mass is 16.7. The monoisotopic (exact) mass is 296 g/mol. The fraction of sp³-hybridized carbons (Fsp3) is 0.583. The molecule has 0 saturated heterocycles. The topological polar surface area (TPSA) is 108 Å². The minimum Gasteiger partial charge on any atom is -0.465 e. The van der Waals surface area contributed by atoms with E-state index in [9.17, 15) is 14.7 Å². The van der Waals surface area contributed by atoms with Gasteiger partial charge in [0.1, 0.15) is 11.8 Å². The molecule has 1 aromatic rings. The van der Waals surface area contributed by atoms with Crippen LogP contribution in [0.4, 0.5) is 4.79 Å². The minimum absolute atomic E-state index is 0.142. The zero-order chi connectivity index (χ0) is 15.1. The molecular formula is C12H16N4O5. The molecule has 0 saturated carbocycles. The summed E-state index contributed by atoms with van der Waals surface area (Å²) in [6, 6.07) is 0. The van der Waals surface area contributed by atoms with Crippen LogP contribution in [0.25, 0.3) is 0 Å². The predicted molar refractivity (Wildman–Crippen MR) is 68.4 cm³/mol. The molecule has 2 aliphatic heterocycles. The molecule has 0 radical (unpaired) electrons. The molecule has 1 atom stereocenters. The van der Waals surface area contributed by atoms with Crippen molar-refractivity contribution >= 4 is 12.0 Å². The first-order valence-electron chi connectivity index (χ1n) is 6.63. The van der Waals surface area contributed by atoms with Gasteiger partial charge in [0.25, 0.3) is 5.91 Å². The molecule has 0 spiro atoms.